The van der Waals surface area contributed by atoms with E-state index in [1.54, 1.807) is 0 Å². The lowest BCUT2D eigenvalue weighted by molar-refractivity contribution is 0.0563. The third-order valence-electron chi connectivity index (χ3n) is 3.36. The molecular weight excluding hydrogens is 294 g/mol. The number of morpholine rings is 1. The summed E-state index contributed by atoms with van der Waals surface area (Å²) in [6, 6.07) is 8.24. The van der Waals surface area contributed by atoms with Crippen LogP contribution in [0.5, 0.6) is 0 Å². The quantitative estimate of drug-likeness (QED) is 0.797. The molecule has 1 aromatic heterocycles. The van der Waals surface area contributed by atoms with E-state index in [-0.39, 0.29) is 6.10 Å². The Balaban J connectivity index is 1.96. The highest BCUT2D eigenvalue weighted by Gasteiger charge is 2.23. The molecule has 2 heterocycles. The van der Waals surface area contributed by atoms with Gasteiger partial charge in [-0.1, -0.05) is 28.1 Å². The first-order valence-electron chi connectivity index (χ1n) is 6.13. The molecule has 0 aliphatic carbocycles. The highest BCUT2D eigenvalue weighted by atomic mass is 79.9. The van der Waals surface area contributed by atoms with E-state index in [1.165, 1.54) is 5.52 Å². The van der Waals surface area contributed by atoms with Gasteiger partial charge >= 0.3 is 0 Å². The van der Waals surface area contributed by atoms with Crippen LogP contribution in [-0.2, 0) is 11.8 Å². The van der Waals surface area contributed by atoms with Crippen LogP contribution in [0.4, 0.5) is 5.95 Å². The lowest BCUT2D eigenvalue weighted by Gasteiger charge is -2.32. The summed E-state index contributed by atoms with van der Waals surface area (Å²) in [6.45, 7) is 2.56. The second kappa shape index (κ2) is 4.90. The number of halogens is 1. The van der Waals surface area contributed by atoms with E-state index >= 15 is 0 Å². The van der Waals surface area contributed by atoms with Gasteiger partial charge in [0.25, 0.3) is 0 Å². The number of alkyl halides is 1. The molecule has 0 saturated carbocycles. The van der Waals surface area contributed by atoms with E-state index in [1.807, 2.05) is 12.1 Å². The Morgan fingerprint density at radius 3 is 3.06 bits per heavy atom. The van der Waals surface area contributed by atoms with Crippen molar-refractivity contribution in [1.82, 2.24) is 9.55 Å². The smallest absolute Gasteiger partial charge is 0.206 e. The third kappa shape index (κ3) is 2.01. The fourth-order valence-corrected chi connectivity index (χ4v) is 2.80. The van der Waals surface area contributed by atoms with E-state index in [9.17, 15) is 0 Å². The number of hydrogen-bond donors (Lipinski definition) is 0. The molecular formula is C13H16BrN3O. The van der Waals surface area contributed by atoms with E-state index in [4.69, 9.17) is 9.72 Å². The maximum absolute atomic E-state index is 5.67. The molecule has 0 radical (unpaired) electrons. The van der Waals surface area contributed by atoms with Crippen LogP contribution in [0.15, 0.2) is 24.3 Å². The lowest BCUT2D eigenvalue weighted by Crippen LogP contribution is -2.44. The molecule has 1 aromatic carbocycles. The van der Waals surface area contributed by atoms with Crippen molar-refractivity contribution in [3.63, 3.8) is 0 Å². The van der Waals surface area contributed by atoms with Crippen LogP contribution in [-0.4, -0.2) is 40.7 Å². The number of hydrogen-bond acceptors (Lipinski definition) is 3. The van der Waals surface area contributed by atoms with Crippen molar-refractivity contribution in [2.24, 2.45) is 7.05 Å². The highest BCUT2D eigenvalue weighted by Crippen LogP contribution is 2.22. The zero-order valence-corrected chi connectivity index (χ0v) is 11.9. The molecule has 18 heavy (non-hydrogen) atoms. The molecule has 0 amide bonds. The van der Waals surface area contributed by atoms with Crippen molar-refractivity contribution >= 4 is 32.9 Å². The molecule has 96 valence electrons. The molecule has 0 bridgehead atoms. The number of benzene rings is 1. The number of imidazole rings is 1. The number of fused-ring (bicyclic) bond motifs is 1. The van der Waals surface area contributed by atoms with Crippen LogP contribution in [0.2, 0.25) is 0 Å². The molecule has 0 N–H and O–H groups in total. The molecule has 1 aliphatic rings. The van der Waals surface area contributed by atoms with Gasteiger partial charge in [0.05, 0.1) is 23.7 Å². The summed E-state index contributed by atoms with van der Waals surface area (Å²) in [5.41, 5.74) is 2.23. The number of rotatable bonds is 2. The number of nitrogens with zero attached hydrogens (tertiary/aromatic N) is 3. The molecule has 1 saturated heterocycles. The van der Waals surface area contributed by atoms with Crippen LogP contribution in [0, 0.1) is 0 Å². The molecule has 1 unspecified atom stereocenters. The number of ether oxygens (including phenoxy) is 1. The van der Waals surface area contributed by atoms with Crippen LogP contribution in [0.1, 0.15) is 0 Å². The van der Waals surface area contributed by atoms with E-state index in [0.29, 0.717) is 0 Å². The topological polar surface area (TPSA) is 30.3 Å². The Morgan fingerprint density at radius 2 is 2.28 bits per heavy atom. The number of aryl methyl sites for hydroxylation is 1. The van der Waals surface area contributed by atoms with Gasteiger partial charge in [0.15, 0.2) is 0 Å². The SMILES string of the molecule is Cn1c(N2CCOC(CBr)C2)nc2ccccc21. The molecule has 2 aromatic rings. The Kier molecular flexibility index (Phi) is 3.26. The van der Waals surface area contributed by atoms with Gasteiger partial charge in [0, 0.05) is 25.5 Å². The first kappa shape index (κ1) is 12.0. The second-order valence-electron chi connectivity index (χ2n) is 4.55. The molecule has 1 aliphatic heterocycles. The number of anilines is 1. The standard InChI is InChI=1S/C13H16BrN3O/c1-16-12-5-3-2-4-11(12)15-13(16)17-6-7-18-10(8-14)9-17/h2-5,10H,6-9H2,1H3. The van der Waals surface area contributed by atoms with E-state index in [2.05, 4.69) is 44.6 Å². The molecule has 0 spiro atoms. The van der Waals surface area contributed by atoms with Crippen LogP contribution >= 0.6 is 15.9 Å². The Morgan fingerprint density at radius 1 is 1.44 bits per heavy atom. The fraction of sp³-hybridized carbons (Fsp3) is 0.462. The van der Waals surface area contributed by atoms with E-state index < -0.39 is 0 Å². The summed E-state index contributed by atoms with van der Waals surface area (Å²) >= 11 is 3.49. The van der Waals surface area contributed by atoms with Crippen molar-refractivity contribution < 1.29 is 4.74 Å². The molecule has 5 heteroatoms. The van der Waals surface area contributed by atoms with Gasteiger partial charge in [-0.15, -0.1) is 0 Å². The normalized spacial score (nSPS) is 20.6. The molecule has 4 nitrogen and oxygen atoms in total. The Labute approximate surface area is 115 Å². The average molecular weight is 310 g/mol. The van der Waals surface area contributed by atoms with Crippen molar-refractivity contribution in [3.05, 3.63) is 24.3 Å². The predicted molar refractivity (Wildman–Crippen MR) is 76.5 cm³/mol. The highest BCUT2D eigenvalue weighted by molar-refractivity contribution is 9.09. The number of aromatic nitrogens is 2. The first-order valence-corrected chi connectivity index (χ1v) is 7.25. The van der Waals surface area contributed by atoms with Crippen molar-refractivity contribution in [2.75, 3.05) is 29.9 Å². The van der Waals surface area contributed by atoms with Crippen LogP contribution in [0.25, 0.3) is 11.0 Å². The largest absolute Gasteiger partial charge is 0.374 e. The maximum atomic E-state index is 5.67. The minimum Gasteiger partial charge on any atom is -0.374 e. The van der Waals surface area contributed by atoms with Crippen molar-refractivity contribution in [2.45, 2.75) is 6.10 Å². The minimum atomic E-state index is 0.249. The summed E-state index contributed by atoms with van der Waals surface area (Å²) in [4.78, 5) is 7.02. The van der Waals surface area contributed by atoms with Crippen LogP contribution < -0.4 is 4.90 Å². The van der Waals surface area contributed by atoms with Gasteiger partial charge in [-0.2, -0.15) is 0 Å². The van der Waals surface area contributed by atoms with E-state index in [0.717, 1.165) is 36.5 Å². The van der Waals surface area contributed by atoms with Gasteiger partial charge in [-0.25, -0.2) is 4.98 Å². The lowest BCUT2D eigenvalue weighted by atomic mass is 10.3. The van der Waals surface area contributed by atoms with Gasteiger partial charge < -0.3 is 14.2 Å². The van der Waals surface area contributed by atoms with Crippen molar-refractivity contribution in [1.29, 1.82) is 0 Å². The van der Waals surface area contributed by atoms with Gasteiger partial charge in [-0.05, 0) is 12.1 Å². The van der Waals surface area contributed by atoms with Gasteiger partial charge in [0.1, 0.15) is 0 Å². The third-order valence-corrected chi connectivity index (χ3v) is 4.08. The predicted octanol–water partition coefficient (Wildman–Crippen LogP) is 2.17. The zero-order valence-electron chi connectivity index (χ0n) is 10.3. The first-order chi connectivity index (χ1) is 8.79. The number of para-hydroxylation sites is 2. The summed E-state index contributed by atoms with van der Waals surface area (Å²) < 4.78 is 7.83. The summed E-state index contributed by atoms with van der Waals surface area (Å²) in [5, 5.41) is 0.868. The molecule has 3 rings (SSSR count). The summed E-state index contributed by atoms with van der Waals surface area (Å²) in [5.74, 6) is 1.03. The Bertz CT molecular complexity index is 554. The monoisotopic (exact) mass is 309 g/mol. The van der Waals surface area contributed by atoms with Crippen LogP contribution in [0.3, 0.4) is 0 Å². The summed E-state index contributed by atoms with van der Waals surface area (Å²) in [6.07, 6.45) is 0.249. The maximum Gasteiger partial charge on any atom is 0.206 e. The average Bonchev–Trinajstić information content (AvgIpc) is 2.77. The minimum absolute atomic E-state index is 0.249. The molecule has 1 atom stereocenters. The second-order valence-corrected chi connectivity index (χ2v) is 5.20. The zero-order chi connectivity index (χ0) is 12.5. The fourth-order valence-electron chi connectivity index (χ4n) is 2.41. The van der Waals surface area contributed by atoms with Gasteiger partial charge in [-0.3, -0.25) is 0 Å². The van der Waals surface area contributed by atoms with Crippen molar-refractivity contribution in [3.8, 4) is 0 Å². The molecule has 1 fully saturated rings. The Hall–Kier alpha value is -1.07. The van der Waals surface area contributed by atoms with Gasteiger partial charge in [0.2, 0.25) is 5.95 Å². The summed E-state index contributed by atoms with van der Waals surface area (Å²) in [7, 11) is 2.07.